The molecule has 0 amide bonds. The average molecular weight is 438 g/mol. The van der Waals surface area contributed by atoms with E-state index in [4.69, 9.17) is 4.52 Å². The highest BCUT2D eigenvalue weighted by molar-refractivity contribution is 7.89. The molecule has 0 radical (unpaired) electrons. The van der Waals surface area contributed by atoms with Crippen molar-refractivity contribution < 1.29 is 17.3 Å². The van der Waals surface area contributed by atoms with Gasteiger partial charge < -0.3 is 9.42 Å². The van der Waals surface area contributed by atoms with E-state index in [9.17, 15) is 17.6 Å². The maximum Gasteiger partial charge on any atom is 0.280 e. The van der Waals surface area contributed by atoms with Crippen LogP contribution in [-0.4, -0.2) is 42.3 Å². The SMILES string of the molecule is CC1CC[C@H](C)N(Cc2ccc(N3CCC(c4cc(=O)[nH]o4)CC3)cc2F)S1(=O)=O. The molecule has 1 unspecified atom stereocenters. The van der Waals surface area contributed by atoms with Crippen molar-refractivity contribution in [2.24, 2.45) is 0 Å². The molecule has 2 atom stereocenters. The van der Waals surface area contributed by atoms with E-state index in [1.54, 1.807) is 13.0 Å². The van der Waals surface area contributed by atoms with Crippen LogP contribution in [-0.2, 0) is 16.6 Å². The summed E-state index contributed by atoms with van der Waals surface area (Å²) < 4.78 is 46.9. The van der Waals surface area contributed by atoms with Gasteiger partial charge in [0.15, 0.2) is 0 Å². The Kier molecular flexibility index (Phi) is 5.76. The van der Waals surface area contributed by atoms with Crippen molar-refractivity contribution in [1.82, 2.24) is 9.46 Å². The van der Waals surface area contributed by atoms with Crippen LogP contribution < -0.4 is 10.5 Å². The summed E-state index contributed by atoms with van der Waals surface area (Å²) in [5.41, 5.74) is 0.949. The van der Waals surface area contributed by atoms with Crippen molar-refractivity contribution in [2.45, 2.75) is 63.3 Å². The Hall–Kier alpha value is -2.13. The van der Waals surface area contributed by atoms with E-state index in [1.165, 1.54) is 16.4 Å². The van der Waals surface area contributed by atoms with E-state index in [0.29, 0.717) is 17.7 Å². The summed E-state index contributed by atoms with van der Waals surface area (Å²) >= 11 is 0. The zero-order valence-corrected chi connectivity index (χ0v) is 18.1. The Morgan fingerprint density at radius 1 is 1.13 bits per heavy atom. The molecule has 30 heavy (non-hydrogen) atoms. The summed E-state index contributed by atoms with van der Waals surface area (Å²) in [4.78, 5) is 13.4. The van der Waals surface area contributed by atoms with Crippen LogP contribution >= 0.6 is 0 Å². The van der Waals surface area contributed by atoms with Crippen LogP contribution in [0.1, 0.15) is 56.8 Å². The van der Waals surface area contributed by atoms with Gasteiger partial charge in [-0.25, -0.2) is 12.8 Å². The standard InChI is InChI=1S/C21H28FN3O4S/c1-14-3-4-15(2)30(27,28)25(14)13-17-5-6-18(11-19(17)22)24-9-7-16(8-10-24)20-12-21(26)23-29-20/h5-6,11-12,14-16H,3-4,7-10,13H2,1-2H3,(H,23,26)/t14-,15?/m0/s1. The zero-order chi connectivity index (χ0) is 21.5. The minimum Gasteiger partial charge on any atom is -0.383 e. The van der Waals surface area contributed by atoms with Crippen molar-refractivity contribution in [2.75, 3.05) is 18.0 Å². The molecular weight excluding hydrogens is 409 g/mol. The van der Waals surface area contributed by atoms with Crippen molar-refractivity contribution in [1.29, 1.82) is 0 Å². The number of hydrogen-bond acceptors (Lipinski definition) is 5. The molecule has 7 nitrogen and oxygen atoms in total. The number of anilines is 1. The van der Waals surface area contributed by atoms with Crippen LogP contribution in [0.4, 0.5) is 10.1 Å². The third-order valence-corrected chi connectivity index (χ3v) is 8.88. The first-order valence-electron chi connectivity index (χ1n) is 10.5. The molecule has 1 aromatic heterocycles. The van der Waals surface area contributed by atoms with Crippen molar-refractivity contribution >= 4 is 15.7 Å². The van der Waals surface area contributed by atoms with E-state index in [0.717, 1.165) is 38.0 Å². The Balaban J connectivity index is 1.44. The highest BCUT2D eigenvalue weighted by Crippen LogP contribution is 2.32. The molecule has 164 valence electrons. The minimum atomic E-state index is -3.41. The van der Waals surface area contributed by atoms with Crippen LogP contribution in [0.25, 0.3) is 0 Å². The molecule has 0 bridgehead atoms. The smallest absolute Gasteiger partial charge is 0.280 e. The van der Waals surface area contributed by atoms with Gasteiger partial charge in [-0.05, 0) is 51.7 Å². The van der Waals surface area contributed by atoms with Gasteiger partial charge >= 0.3 is 0 Å². The maximum absolute atomic E-state index is 14.9. The Morgan fingerprint density at radius 3 is 2.50 bits per heavy atom. The number of benzene rings is 1. The van der Waals surface area contributed by atoms with Crippen molar-refractivity contribution in [3.05, 3.63) is 51.8 Å². The van der Waals surface area contributed by atoms with Gasteiger partial charge in [-0.3, -0.25) is 4.79 Å². The Morgan fingerprint density at radius 2 is 1.87 bits per heavy atom. The molecule has 9 heteroatoms. The first-order valence-corrected chi connectivity index (χ1v) is 12.0. The largest absolute Gasteiger partial charge is 0.383 e. The number of sulfonamides is 1. The average Bonchev–Trinajstić information content (AvgIpc) is 3.16. The van der Waals surface area contributed by atoms with E-state index in [-0.39, 0.29) is 29.9 Å². The van der Waals surface area contributed by atoms with Crippen LogP contribution in [0.15, 0.2) is 33.6 Å². The number of H-pyrrole nitrogens is 1. The van der Waals surface area contributed by atoms with E-state index < -0.39 is 15.3 Å². The normalized spacial score (nSPS) is 25.5. The van der Waals surface area contributed by atoms with Crippen LogP contribution in [0.3, 0.4) is 0 Å². The molecular formula is C21H28FN3O4S. The van der Waals surface area contributed by atoms with Crippen molar-refractivity contribution in [3.8, 4) is 0 Å². The van der Waals surface area contributed by atoms with Crippen LogP contribution in [0.2, 0.25) is 0 Å². The zero-order valence-electron chi connectivity index (χ0n) is 17.3. The van der Waals surface area contributed by atoms with E-state index in [1.807, 2.05) is 13.0 Å². The predicted octanol–water partition coefficient (Wildman–Crippen LogP) is 3.19. The highest BCUT2D eigenvalue weighted by atomic mass is 32.2. The number of halogens is 1. The van der Waals surface area contributed by atoms with E-state index in [2.05, 4.69) is 10.1 Å². The molecule has 2 fully saturated rings. The second kappa shape index (κ2) is 8.19. The molecule has 1 aromatic carbocycles. The first kappa shape index (κ1) is 21.1. The summed E-state index contributed by atoms with van der Waals surface area (Å²) in [5.74, 6) is 0.469. The summed E-state index contributed by atoms with van der Waals surface area (Å²) in [6.07, 6.45) is 3.05. The van der Waals surface area contributed by atoms with Gasteiger partial charge in [-0.1, -0.05) is 6.07 Å². The predicted molar refractivity (Wildman–Crippen MR) is 113 cm³/mol. The number of nitrogens with zero attached hydrogens (tertiary/aromatic N) is 2. The molecule has 3 heterocycles. The third kappa shape index (κ3) is 4.05. The van der Waals surface area contributed by atoms with Gasteiger partial charge in [-0.15, -0.1) is 0 Å². The lowest BCUT2D eigenvalue weighted by atomic mass is 9.94. The Bertz CT molecular complexity index is 1060. The third-order valence-electron chi connectivity index (χ3n) is 6.49. The number of aromatic nitrogens is 1. The molecule has 0 saturated carbocycles. The number of rotatable bonds is 4. The monoisotopic (exact) mass is 437 g/mol. The second-order valence-electron chi connectivity index (χ2n) is 8.48. The lowest BCUT2D eigenvalue weighted by Crippen LogP contribution is -2.47. The lowest BCUT2D eigenvalue weighted by molar-refractivity contribution is 0.281. The summed E-state index contributed by atoms with van der Waals surface area (Å²) in [7, 11) is -3.41. The van der Waals surface area contributed by atoms with Gasteiger partial charge in [0, 0.05) is 48.9 Å². The number of piperidine rings is 1. The maximum atomic E-state index is 14.9. The molecule has 0 aliphatic carbocycles. The number of nitrogens with one attached hydrogen (secondary N) is 1. The lowest BCUT2D eigenvalue weighted by Gasteiger charge is -2.36. The van der Waals surface area contributed by atoms with E-state index >= 15 is 0 Å². The highest BCUT2D eigenvalue weighted by Gasteiger charge is 2.37. The second-order valence-corrected chi connectivity index (χ2v) is 10.8. The van der Waals surface area contributed by atoms with Crippen molar-refractivity contribution in [3.63, 3.8) is 0 Å². The van der Waals surface area contributed by atoms with Gasteiger partial charge in [0.05, 0.1) is 5.25 Å². The Labute approximate surface area is 175 Å². The fourth-order valence-electron chi connectivity index (χ4n) is 4.45. The summed E-state index contributed by atoms with van der Waals surface area (Å²) in [5, 5.41) is 1.90. The molecule has 2 aliphatic heterocycles. The van der Waals surface area contributed by atoms with Crippen LogP contribution in [0, 0.1) is 5.82 Å². The summed E-state index contributed by atoms with van der Waals surface area (Å²) in [6, 6.07) is 6.42. The molecule has 4 rings (SSSR count). The van der Waals surface area contributed by atoms with Gasteiger partial charge in [0.1, 0.15) is 11.6 Å². The molecule has 2 aliphatic rings. The molecule has 1 N–H and O–H groups in total. The number of hydrogen-bond donors (Lipinski definition) is 1. The fraction of sp³-hybridized carbons (Fsp3) is 0.571. The molecule has 2 saturated heterocycles. The first-order chi connectivity index (χ1) is 14.3. The fourth-order valence-corrected chi connectivity index (χ4v) is 6.27. The molecule has 0 spiro atoms. The number of aromatic amines is 1. The quantitative estimate of drug-likeness (QED) is 0.794. The topological polar surface area (TPSA) is 86.6 Å². The van der Waals surface area contributed by atoms with Gasteiger partial charge in [0.2, 0.25) is 10.0 Å². The van der Waals surface area contributed by atoms with Gasteiger partial charge in [-0.2, -0.15) is 9.46 Å². The van der Waals surface area contributed by atoms with Crippen LogP contribution in [0.5, 0.6) is 0 Å². The molecule has 2 aromatic rings. The summed E-state index contributed by atoms with van der Waals surface area (Å²) in [6.45, 7) is 5.12. The minimum absolute atomic E-state index is 0.0640. The van der Waals surface area contributed by atoms with Gasteiger partial charge in [0.25, 0.3) is 5.56 Å².